The predicted molar refractivity (Wildman–Crippen MR) is 83.3 cm³/mol. The average molecular weight is 323 g/mol. The van der Waals surface area contributed by atoms with Crippen molar-refractivity contribution in [3.8, 4) is 5.75 Å². The number of halogens is 2. The SMILES string of the molecule is NCc1sc2cccc(F)c2c1COc1cncc(Cl)c1. The molecule has 108 valence electrons. The second kappa shape index (κ2) is 5.97. The Morgan fingerprint density at radius 3 is 2.95 bits per heavy atom. The van der Waals surface area contributed by atoms with Crippen molar-refractivity contribution in [1.82, 2.24) is 4.98 Å². The lowest BCUT2D eigenvalue weighted by Gasteiger charge is -2.07. The topological polar surface area (TPSA) is 48.1 Å². The van der Waals surface area contributed by atoms with E-state index in [0.29, 0.717) is 22.7 Å². The van der Waals surface area contributed by atoms with Crippen LogP contribution in [0.2, 0.25) is 5.02 Å². The molecule has 6 heteroatoms. The Morgan fingerprint density at radius 2 is 2.19 bits per heavy atom. The first kappa shape index (κ1) is 14.3. The third kappa shape index (κ3) is 2.85. The van der Waals surface area contributed by atoms with Gasteiger partial charge in [-0.3, -0.25) is 4.98 Å². The van der Waals surface area contributed by atoms with Gasteiger partial charge in [0.2, 0.25) is 0 Å². The molecule has 2 aromatic heterocycles. The van der Waals surface area contributed by atoms with Crippen LogP contribution in [0.15, 0.2) is 36.7 Å². The Kier molecular flexibility index (Phi) is 4.05. The zero-order valence-electron chi connectivity index (χ0n) is 11.0. The van der Waals surface area contributed by atoms with Crippen LogP contribution in [0.4, 0.5) is 4.39 Å². The third-order valence-electron chi connectivity index (χ3n) is 3.10. The number of hydrogen-bond acceptors (Lipinski definition) is 4. The molecule has 0 saturated heterocycles. The summed E-state index contributed by atoms with van der Waals surface area (Å²) in [6.07, 6.45) is 3.10. The number of nitrogens with two attached hydrogens (primary N) is 1. The molecular weight excluding hydrogens is 311 g/mol. The maximum absolute atomic E-state index is 14.1. The van der Waals surface area contributed by atoms with E-state index in [9.17, 15) is 4.39 Å². The van der Waals surface area contributed by atoms with E-state index < -0.39 is 0 Å². The van der Waals surface area contributed by atoms with Crippen molar-refractivity contribution in [3.63, 3.8) is 0 Å². The molecule has 0 saturated carbocycles. The number of nitrogens with zero attached hydrogens (tertiary/aromatic N) is 1. The van der Waals surface area contributed by atoms with Gasteiger partial charge < -0.3 is 10.5 Å². The molecule has 0 amide bonds. The highest BCUT2D eigenvalue weighted by Gasteiger charge is 2.15. The van der Waals surface area contributed by atoms with E-state index in [4.69, 9.17) is 22.1 Å². The highest BCUT2D eigenvalue weighted by atomic mass is 35.5. The molecule has 0 spiro atoms. The van der Waals surface area contributed by atoms with Gasteiger partial charge in [0.1, 0.15) is 18.2 Å². The van der Waals surface area contributed by atoms with Gasteiger partial charge >= 0.3 is 0 Å². The molecule has 3 aromatic rings. The van der Waals surface area contributed by atoms with Crippen molar-refractivity contribution in [2.45, 2.75) is 13.2 Å². The van der Waals surface area contributed by atoms with E-state index in [2.05, 4.69) is 4.98 Å². The fourth-order valence-corrected chi connectivity index (χ4v) is 3.43. The van der Waals surface area contributed by atoms with E-state index in [-0.39, 0.29) is 12.4 Å². The van der Waals surface area contributed by atoms with Crippen LogP contribution in [-0.4, -0.2) is 4.98 Å². The van der Waals surface area contributed by atoms with Gasteiger partial charge in [-0.1, -0.05) is 17.7 Å². The smallest absolute Gasteiger partial charge is 0.139 e. The molecule has 2 N–H and O–H groups in total. The van der Waals surface area contributed by atoms with Crippen LogP contribution in [-0.2, 0) is 13.2 Å². The van der Waals surface area contributed by atoms with E-state index in [1.54, 1.807) is 18.3 Å². The number of thiophene rings is 1. The van der Waals surface area contributed by atoms with Gasteiger partial charge in [0.15, 0.2) is 0 Å². The van der Waals surface area contributed by atoms with Crippen LogP contribution in [0.5, 0.6) is 5.75 Å². The lowest BCUT2D eigenvalue weighted by Crippen LogP contribution is -2.02. The van der Waals surface area contributed by atoms with Crippen molar-refractivity contribution < 1.29 is 9.13 Å². The number of hydrogen-bond donors (Lipinski definition) is 1. The number of ether oxygens (including phenoxy) is 1. The molecule has 3 nitrogen and oxygen atoms in total. The Balaban J connectivity index is 1.96. The number of benzene rings is 1. The molecule has 0 aliphatic carbocycles. The Bertz CT molecular complexity index is 790. The molecule has 0 unspecified atom stereocenters. The maximum atomic E-state index is 14.1. The lowest BCUT2D eigenvalue weighted by atomic mass is 10.1. The van der Waals surface area contributed by atoms with Gasteiger partial charge in [-0.25, -0.2) is 4.39 Å². The zero-order chi connectivity index (χ0) is 14.8. The second-order valence-corrected chi connectivity index (χ2v) is 6.02. The zero-order valence-corrected chi connectivity index (χ0v) is 12.5. The van der Waals surface area contributed by atoms with Crippen molar-refractivity contribution in [3.05, 3.63) is 57.9 Å². The Labute approximate surface area is 130 Å². The van der Waals surface area contributed by atoms with E-state index in [1.165, 1.54) is 23.6 Å². The normalized spacial score (nSPS) is 11.0. The highest BCUT2D eigenvalue weighted by molar-refractivity contribution is 7.19. The number of pyridine rings is 1. The summed E-state index contributed by atoms with van der Waals surface area (Å²) in [4.78, 5) is 4.87. The first-order valence-corrected chi connectivity index (χ1v) is 7.50. The van der Waals surface area contributed by atoms with E-state index >= 15 is 0 Å². The number of aromatic nitrogens is 1. The van der Waals surface area contributed by atoms with Gasteiger partial charge in [-0.15, -0.1) is 11.3 Å². The molecule has 0 atom stereocenters. The first-order valence-electron chi connectivity index (χ1n) is 6.31. The highest BCUT2D eigenvalue weighted by Crippen LogP contribution is 2.33. The van der Waals surface area contributed by atoms with Crippen LogP contribution in [0.25, 0.3) is 10.1 Å². The Morgan fingerprint density at radius 1 is 1.33 bits per heavy atom. The summed E-state index contributed by atoms with van der Waals surface area (Å²) in [7, 11) is 0. The van der Waals surface area contributed by atoms with Crippen LogP contribution in [0.1, 0.15) is 10.4 Å². The van der Waals surface area contributed by atoms with Gasteiger partial charge in [-0.05, 0) is 12.1 Å². The third-order valence-corrected chi connectivity index (χ3v) is 4.52. The molecular formula is C15H12ClFN2OS. The standard InChI is InChI=1S/C15H12ClFN2OS/c16-9-4-10(7-19-6-9)20-8-11-14(5-18)21-13-3-1-2-12(17)15(11)13/h1-4,6-7H,5,8,18H2. The van der Waals surface area contributed by atoms with Gasteiger partial charge in [0.05, 0.1) is 11.2 Å². The molecule has 0 bridgehead atoms. The van der Waals surface area contributed by atoms with Crippen LogP contribution >= 0.6 is 22.9 Å². The summed E-state index contributed by atoms with van der Waals surface area (Å²) in [5.41, 5.74) is 6.54. The molecule has 2 heterocycles. The summed E-state index contributed by atoms with van der Waals surface area (Å²) in [5.74, 6) is 0.285. The van der Waals surface area contributed by atoms with Crippen molar-refractivity contribution in [2.75, 3.05) is 0 Å². The lowest BCUT2D eigenvalue weighted by molar-refractivity contribution is 0.305. The Hall–Kier alpha value is -1.69. The fourth-order valence-electron chi connectivity index (χ4n) is 2.16. The monoisotopic (exact) mass is 322 g/mol. The quantitative estimate of drug-likeness (QED) is 0.785. The number of fused-ring (bicyclic) bond motifs is 1. The van der Waals surface area contributed by atoms with Crippen LogP contribution in [0, 0.1) is 5.82 Å². The van der Waals surface area contributed by atoms with Crippen molar-refractivity contribution in [2.24, 2.45) is 5.73 Å². The fraction of sp³-hybridized carbons (Fsp3) is 0.133. The van der Waals surface area contributed by atoms with Gasteiger partial charge in [0, 0.05) is 39.3 Å². The van der Waals surface area contributed by atoms with Crippen LogP contribution in [0.3, 0.4) is 0 Å². The second-order valence-electron chi connectivity index (χ2n) is 4.45. The molecule has 0 aliphatic rings. The van der Waals surface area contributed by atoms with Crippen molar-refractivity contribution in [1.29, 1.82) is 0 Å². The maximum Gasteiger partial charge on any atom is 0.139 e. The van der Waals surface area contributed by atoms with E-state index in [1.807, 2.05) is 6.07 Å². The minimum Gasteiger partial charge on any atom is -0.487 e. The average Bonchev–Trinajstić information content (AvgIpc) is 2.84. The van der Waals surface area contributed by atoms with Crippen LogP contribution < -0.4 is 10.5 Å². The van der Waals surface area contributed by atoms with Crippen molar-refractivity contribution >= 4 is 33.0 Å². The summed E-state index contributed by atoms with van der Waals surface area (Å²) in [6.45, 7) is 0.584. The summed E-state index contributed by atoms with van der Waals surface area (Å²) in [5, 5.41) is 1.07. The molecule has 0 fully saturated rings. The molecule has 0 radical (unpaired) electrons. The van der Waals surface area contributed by atoms with Gasteiger partial charge in [0.25, 0.3) is 0 Å². The molecule has 1 aromatic carbocycles. The summed E-state index contributed by atoms with van der Waals surface area (Å²) in [6, 6.07) is 6.69. The molecule has 3 rings (SSSR count). The van der Waals surface area contributed by atoms with E-state index in [0.717, 1.165) is 15.1 Å². The van der Waals surface area contributed by atoms with Gasteiger partial charge in [-0.2, -0.15) is 0 Å². The predicted octanol–water partition coefficient (Wildman–Crippen LogP) is 4.13. The largest absolute Gasteiger partial charge is 0.487 e. The first-order chi connectivity index (χ1) is 10.2. The number of rotatable bonds is 4. The summed E-state index contributed by atoms with van der Waals surface area (Å²) < 4.78 is 20.6. The molecule has 21 heavy (non-hydrogen) atoms. The minimum atomic E-state index is -0.258. The minimum absolute atomic E-state index is 0.232. The molecule has 0 aliphatic heterocycles. The summed E-state index contributed by atoms with van der Waals surface area (Å²) >= 11 is 7.35.